The molecule has 132 valence electrons. The van der Waals surface area contributed by atoms with Gasteiger partial charge in [-0.1, -0.05) is 20.3 Å². The normalized spacial score (nSPS) is 24.4. The summed E-state index contributed by atoms with van der Waals surface area (Å²) in [5, 5.41) is 2.96. The topological polar surface area (TPSA) is 52.7 Å². The Kier molecular flexibility index (Phi) is 6.45. The lowest BCUT2D eigenvalue weighted by Crippen LogP contribution is -2.53. The van der Waals surface area contributed by atoms with Crippen molar-refractivity contribution in [2.45, 2.75) is 77.9 Å². The molecule has 1 aliphatic carbocycles. The van der Waals surface area contributed by atoms with Gasteiger partial charge < -0.3 is 10.2 Å². The van der Waals surface area contributed by atoms with Gasteiger partial charge in [0.05, 0.1) is 6.54 Å². The van der Waals surface area contributed by atoms with E-state index in [1.165, 1.54) is 12.8 Å². The Morgan fingerprint density at radius 1 is 1.26 bits per heavy atom. The van der Waals surface area contributed by atoms with Gasteiger partial charge in [0.15, 0.2) is 0 Å². The Bertz CT molecular complexity index is 422. The van der Waals surface area contributed by atoms with E-state index in [0.717, 1.165) is 25.8 Å². The van der Waals surface area contributed by atoms with Crippen LogP contribution in [0.1, 0.15) is 59.8 Å². The summed E-state index contributed by atoms with van der Waals surface area (Å²) in [6.07, 6.45) is 5.54. The van der Waals surface area contributed by atoms with E-state index >= 15 is 0 Å². The third-order valence-corrected chi connectivity index (χ3v) is 5.51. The molecule has 1 aliphatic heterocycles. The zero-order valence-electron chi connectivity index (χ0n) is 15.2. The molecule has 2 amide bonds. The summed E-state index contributed by atoms with van der Waals surface area (Å²) in [5.74, 6) is 0.827. The number of rotatable bonds is 7. The molecule has 0 aromatic rings. The predicted molar refractivity (Wildman–Crippen MR) is 92.1 cm³/mol. The van der Waals surface area contributed by atoms with Crippen LogP contribution in [0.2, 0.25) is 0 Å². The fourth-order valence-electron chi connectivity index (χ4n) is 3.54. The Morgan fingerprint density at radius 3 is 2.52 bits per heavy atom. The highest BCUT2D eigenvalue weighted by Gasteiger charge is 2.36. The SMILES string of the molecule is CCC(C)C(C)N(CC(=O)N1CCCC(NC(C)=O)C1)C1CC1. The van der Waals surface area contributed by atoms with E-state index in [2.05, 4.69) is 31.0 Å². The first-order chi connectivity index (χ1) is 10.9. The van der Waals surface area contributed by atoms with Crippen molar-refractivity contribution in [1.82, 2.24) is 15.1 Å². The van der Waals surface area contributed by atoms with Crippen molar-refractivity contribution >= 4 is 11.8 Å². The van der Waals surface area contributed by atoms with Crippen LogP contribution in [-0.4, -0.2) is 59.4 Å². The van der Waals surface area contributed by atoms with Crippen molar-refractivity contribution in [2.24, 2.45) is 5.92 Å². The average molecular weight is 323 g/mol. The van der Waals surface area contributed by atoms with Crippen LogP contribution < -0.4 is 5.32 Å². The Balaban J connectivity index is 1.91. The molecule has 1 N–H and O–H groups in total. The fraction of sp³-hybridized carbons (Fsp3) is 0.889. The molecule has 2 rings (SSSR count). The van der Waals surface area contributed by atoms with Gasteiger partial charge in [-0.3, -0.25) is 14.5 Å². The summed E-state index contributed by atoms with van der Waals surface area (Å²) in [6.45, 7) is 10.3. The van der Waals surface area contributed by atoms with Crippen molar-refractivity contribution < 1.29 is 9.59 Å². The molecule has 0 radical (unpaired) electrons. The maximum atomic E-state index is 12.8. The lowest BCUT2D eigenvalue weighted by molar-refractivity contribution is -0.135. The molecule has 0 aromatic carbocycles. The summed E-state index contributed by atoms with van der Waals surface area (Å²) in [7, 11) is 0. The maximum Gasteiger partial charge on any atom is 0.236 e. The summed E-state index contributed by atoms with van der Waals surface area (Å²) in [5.41, 5.74) is 0. The first-order valence-electron chi connectivity index (χ1n) is 9.23. The summed E-state index contributed by atoms with van der Waals surface area (Å²) >= 11 is 0. The highest BCUT2D eigenvalue weighted by Crippen LogP contribution is 2.31. The number of piperidine rings is 1. The minimum atomic E-state index is -0.00528. The number of likely N-dealkylation sites (tertiary alicyclic amines) is 1. The molecule has 5 nitrogen and oxygen atoms in total. The number of hydrogen-bond donors (Lipinski definition) is 1. The average Bonchev–Trinajstić information content (AvgIpc) is 3.35. The zero-order chi connectivity index (χ0) is 17.0. The molecule has 0 bridgehead atoms. The van der Waals surface area contributed by atoms with Gasteiger partial charge in [0.1, 0.15) is 0 Å². The number of nitrogens with zero attached hydrogens (tertiary/aromatic N) is 2. The van der Waals surface area contributed by atoms with E-state index in [1.807, 2.05) is 4.90 Å². The third-order valence-electron chi connectivity index (χ3n) is 5.51. The van der Waals surface area contributed by atoms with Gasteiger partial charge >= 0.3 is 0 Å². The van der Waals surface area contributed by atoms with Crippen LogP contribution in [0.25, 0.3) is 0 Å². The van der Waals surface area contributed by atoms with Crippen LogP contribution in [0.4, 0.5) is 0 Å². The molecule has 3 atom stereocenters. The van der Waals surface area contributed by atoms with Crippen LogP contribution in [0.15, 0.2) is 0 Å². The minimum absolute atomic E-state index is 0.00528. The van der Waals surface area contributed by atoms with Crippen molar-refractivity contribution in [2.75, 3.05) is 19.6 Å². The summed E-state index contributed by atoms with van der Waals surface area (Å²) in [4.78, 5) is 28.4. The van der Waals surface area contributed by atoms with E-state index in [0.29, 0.717) is 31.1 Å². The van der Waals surface area contributed by atoms with E-state index in [1.54, 1.807) is 6.92 Å². The van der Waals surface area contributed by atoms with Crippen LogP contribution in [0.5, 0.6) is 0 Å². The van der Waals surface area contributed by atoms with Crippen molar-refractivity contribution in [3.05, 3.63) is 0 Å². The highest BCUT2D eigenvalue weighted by atomic mass is 16.2. The van der Waals surface area contributed by atoms with Gasteiger partial charge in [0.2, 0.25) is 11.8 Å². The quantitative estimate of drug-likeness (QED) is 0.780. The van der Waals surface area contributed by atoms with E-state index < -0.39 is 0 Å². The van der Waals surface area contributed by atoms with Crippen LogP contribution >= 0.6 is 0 Å². The monoisotopic (exact) mass is 323 g/mol. The smallest absolute Gasteiger partial charge is 0.236 e. The molecule has 2 fully saturated rings. The van der Waals surface area contributed by atoms with Crippen molar-refractivity contribution in [3.8, 4) is 0 Å². The second-order valence-corrected chi connectivity index (χ2v) is 7.41. The fourth-order valence-corrected chi connectivity index (χ4v) is 3.54. The molecule has 1 heterocycles. The number of nitrogens with one attached hydrogen (secondary N) is 1. The Morgan fingerprint density at radius 2 is 1.96 bits per heavy atom. The summed E-state index contributed by atoms with van der Waals surface area (Å²) < 4.78 is 0. The number of carbonyl (C=O) groups excluding carboxylic acids is 2. The van der Waals surface area contributed by atoms with Crippen molar-refractivity contribution in [3.63, 3.8) is 0 Å². The van der Waals surface area contributed by atoms with Gasteiger partial charge in [0.25, 0.3) is 0 Å². The molecule has 0 aromatic heterocycles. The largest absolute Gasteiger partial charge is 0.352 e. The number of amides is 2. The summed E-state index contributed by atoms with van der Waals surface area (Å²) in [6, 6.07) is 1.16. The molecule has 0 spiro atoms. The second-order valence-electron chi connectivity index (χ2n) is 7.41. The van der Waals surface area contributed by atoms with Gasteiger partial charge in [0, 0.05) is 38.1 Å². The first kappa shape index (κ1) is 18.2. The molecule has 23 heavy (non-hydrogen) atoms. The Hall–Kier alpha value is -1.10. The molecule has 1 saturated carbocycles. The lowest BCUT2D eigenvalue weighted by Gasteiger charge is -2.37. The van der Waals surface area contributed by atoms with Crippen LogP contribution in [0, 0.1) is 5.92 Å². The Labute approximate surface area is 140 Å². The van der Waals surface area contributed by atoms with Gasteiger partial charge in [-0.05, 0) is 38.5 Å². The molecule has 1 saturated heterocycles. The number of hydrogen-bond acceptors (Lipinski definition) is 3. The maximum absolute atomic E-state index is 12.8. The molecule has 2 aliphatic rings. The van der Waals surface area contributed by atoms with E-state index in [4.69, 9.17) is 0 Å². The molecule has 3 unspecified atom stereocenters. The third kappa shape index (κ3) is 5.20. The second kappa shape index (κ2) is 8.13. The van der Waals surface area contributed by atoms with Gasteiger partial charge in [-0.25, -0.2) is 0 Å². The van der Waals surface area contributed by atoms with Crippen molar-refractivity contribution in [1.29, 1.82) is 0 Å². The zero-order valence-corrected chi connectivity index (χ0v) is 15.2. The molecular weight excluding hydrogens is 290 g/mol. The molecular formula is C18H33N3O2. The van der Waals surface area contributed by atoms with Crippen LogP contribution in [-0.2, 0) is 9.59 Å². The minimum Gasteiger partial charge on any atom is -0.352 e. The van der Waals surface area contributed by atoms with Crippen LogP contribution in [0.3, 0.4) is 0 Å². The predicted octanol–water partition coefficient (Wildman–Crippen LogP) is 2.01. The standard InChI is InChI=1S/C18H33N3O2/c1-5-13(2)14(3)21(17-8-9-17)12-18(23)20-10-6-7-16(11-20)19-15(4)22/h13-14,16-17H,5-12H2,1-4H3,(H,19,22). The van der Waals surface area contributed by atoms with Gasteiger partial charge in [-0.2, -0.15) is 0 Å². The molecule has 5 heteroatoms. The van der Waals surface area contributed by atoms with E-state index in [9.17, 15) is 9.59 Å². The van der Waals surface area contributed by atoms with E-state index in [-0.39, 0.29) is 17.9 Å². The van der Waals surface area contributed by atoms with Gasteiger partial charge in [-0.15, -0.1) is 0 Å². The number of carbonyl (C=O) groups is 2. The first-order valence-corrected chi connectivity index (χ1v) is 9.23. The highest BCUT2D eigenvalue weighted by molar-refractivity contribution is 5.79. The lowest BCUT2D eigenvalue weighted by atomic mass is 9.99.